The van der Waals surface area contributed by atoms with Gasteiger partial charge in [0.2, 0.25) is 0 Å². The van der Waals surface area contributed by atoms with Gasteiger partial charge < -0.3 is 0 Å². The Morgan fingerprint density at radius 1 is 1.37 bits per heavy atom. The van der Waals surface area contributed by atoms with Crippen molar-refractivity contribution >= 4 is 38.6 Å². The van der Waals surface area contributed by atoms with Crippen LogP contribution in [0.15, 0.2) is 30.9 Å². The van der Waals surface area contributed by atoms with Crippen molar-refractivity contribution in [2.45, 2.75) is 13.8 Å². The van der Waals surface area contributed by atoms with Gasteiger partial charge in [0.15, 0.2) is 0 Å². The molecule has 0 unspecified atom stereocenters. The number of imidazole rings is 1. The molecule has 27 heavy (non-hydrogen) atoms. The fourth-order valence-electron chi connectivity index (χ4n) is 3.42. The van der Waals surface area contributed by atoms with Crippen LogP contribution in [0.3, 0.4) is 0 Å². The second kappa shape index (κ2) is 6.14. The van der Waals surface area contributed by atoms with Crippen LogP contribution in [0.5, 0.6) is 11.5 Å². The van der Waals surface area contributed by atoms with Crippen molar-refractivity contribution in [2.24, 2.45) is 0 Å². The quantitative estimate of drug-likeness (QED) is 0.671. The first-order chi connectivity index (χ1) is 13.0. The zero-order valence-electron chi connectivity index (χ0n) is 15.1. The summed E-state index contributed by atoms with van der Waals surface area (Å²) in [7, 11) is 12.9. The molecular weight excluding hydrogens is 332 g/mol. The van der Waals surface area contributed by atoms with Gasteiger partial charge in [0, 0.05) is 0 Å². The number of hydrogen-bond donors (Lipinski definition) is 0. The van der Waals surface area contributed by atoms with Crippen LogP contribution >= 0.6 is 0 Å². The molecule has 1 aliphatic rings. The van der Waals surface area contributed by atoms with Crippen molar-refractivity contribution in [3.63, 3.8) is 0 Å². The van der Waals surface area contributed by atoms with Crippen LogP contribution in [0.1, 0.15) is 35.0 Å². The molecule has 0 amide bonds. The molecule has 0 N–H and O–H groups in total. The first kappa shape index (κ1) is 17.1. The Labute approximate surface area is 159 Å². The van der Waals surface area contributed by atoms with Crippen molar-refractivity contribution in [1.29, 1.82) is 5.26 Å². The summed E-state index contributed by atoms with van der Waals surface area (Å²) in [5.41, 5.74) is 4.45. The van der Waals surface area contributed by atoms with Crippen molar-refractivity contribution in [3.05, 3.63) is 69.4 Å². The van der Waals surface area contributed by atoms with Crippen molar-refractivity contribution in [3.8, 4) is 17.6 Å². The second-order valence-electron chi connectivity index (χ2n) is 6.34. The van der Waals surface area contributed by atoms with E-state index in [9.17, 15) is 5.26 Å². The van der Waals surface area contributed by atoms with Gasteiger partial charge in [-0.25, -0.2) is 0 Å². The predicted molar refractivity (Wildman–Crippen MR) is 108 cm³/mol. The summed E-state index contributed by atoms with van der Waals surface area (Å²) in [6, 6.07) is 7.92. The Morgan fingerprint density at radius 3 is 2.81 bits per heavy atom. The fraction of sp³-hybridized carbons (Fsp3) is 0.0952. The van der Waals surface area contributed by atoms with Crippen LogP contribution in [0.2, 0.25) is 0 Å². The molecule has 0 spiro atoms. The topological polar surface area (TPSA) is 50.3 Å². The molecule has 6 heteroatoms. The molecule has 0 fully saturated rings. The van der Waals surface area contributed by atoms with Crippen LogP contribution in [-0.4, -0.2) is 24.7 Å². The molecule has 0 saturated carbocycles. The van der Waals surface area contributed by atoms with Gasteiger partial charge in [-0.1, -0.05) is 0 Å². The van der Waals surface area contributed by atoms with E-state index in [2.05, 4.69) is 17.6 Å². The average Bonchev–Trinajstić information content (AvgIpc) is 3.00. The first-order valence-corrected chi connectivity index (χ1v) is 8.46. The molecule has 0 saturated heterocycles. The zero-order valence-corrected chi connectivity index (χ0v) is 15.1. The summed E-state index contributed by atoms with van der Waals surface area (Å²) in [6.45, 7) is 7.70. The molecule has 0 aliphatic carbocycles. The average molecular weight is 346 g/mol. The van der Waals surface area contributed by atoms with E-state index in [1.807, 2.05) is 44.2 Å². The number of pyridine rings is 1. The van der Waals surface area contributed by atoms with Gasteiger partial charge in [-0.05, 0) is 0 Å². The molecule has 3 heterocycles. The molecule has 0 atom stereocenters. The summed E-state index contributed by atoms with van der Waals surface area (Å²) in [5.74, 6) is 0.940. The van der Waals surface area contributed by atoms with Gasteiger partial charge in [0.05, 0.1) is 0 Å². The molecule has 1 aliphatic heterocycles. The van der Waals surface area contributed by atoms with Gasteiger partial charge in [-0.2, -0.15) is 0 Å². The number of hydrogen-bond acceptors (Lipinski definition) is 3. The number of allylic oxidation sites excluding steroid dienone is 1. The van der Waals surface area contributed by atoms with Crippen LogP contribution < -0.4 is 9.96 Å². The summed E-state index contributed by atoms with van der Waals surface area (Å²) in [5, 5.41) is 10.6. The monoisotopic (exact) mass is 346 g/mol. The SMILES string of the molecule is [B]C1=c2c(c(C#N)c(=[B])n3c(/C=C\C)c(C=C)nc23)Oc2cc(C)ccc21. The van der Waals surface area contributed by atoms with Crippen molar-refractivity contribution in [1.82, 2.24) is 9.38 Å². The number of nitriles is 1. The second-order valence-corrected chi connectivity index (χ2v) is 6.34. The third kappa shape index (κ3) is 2.32. The molecule has 4 rings (SSSR count). The molecule has 0 bridgehead atoms. The van der Waals surface area contributed by atoms with Gasteiger partial charge in [0.25, 0.3) is 0 Å². The number of ether oxygens (including phenoxy) is 1. The Balaban J connectivity index is 2.30. The molecule has 1 aromatic carbocycles. The molecule has 125 valence electrons. The van der Waals surface area contributed by atoms with Crippen LogP contribution in [0, 0.1) is 23.5 Å². The molecule has 2 aromatic heterocycles. The minimum absolute atomic E-state index is 0.228. The van der Waals surface area contributed by atoms with Crippen LogP contribution in [-0.2, 0) is 0 Å². The Bertz CT molecular complexity index is 1330. The van der Waals surface area contributed by atoms with Crippen LogP contribution in [0.25, 0.3) is 23.3 Å². The van der Waals surface area contributed by atoms with Gasteiger partial charge >= 0.3 is 159 Å². The number of benzene rings is 1. The minimum atomic E-state index is 0.228. The van der Waals surface area contributed by atoms with Gasteiger partial charge in [-0.15, -0.1) is 0 Å². The van der Waals surface area contributed by atoms with E-state index in [0.717, 1.165) is 16.8 Å². The Kier molecular flexibility index (Phi) is 3.89. The summed E-state index contributed by atoms with van der Waals surface area (Å²) >= 11 is 0. The van der Waals surface area contributed by atoms with E-state index >= 15 is 0 Å². The Morgan fingerprint density at radius 2 is 2.15 bits per heavy atom. The normalized spacial score (nSPS) is 12.5. The van der Waals surface area contributed by atoms with E-state index in [4.69, 9.17) is 20.1 Å². The molecule has 4 nitrogen and oxygen atoms in total. The third-order valence-electron chi connectivity index (χ3n) is 4.65. The zero-order chi connectivity index (χ0) is 19.3. The van der Waals surface area contributed by atoms with E-state index in [-0.39, 0.29) is 10.8 Å². The molecule has 3 aromatic rings. The standard InChI is InChI=1S/C21H14B2N3O/c1-4-6-15-14(5-2)25-21-17-18(22)12-8-7-11(3)9-16(12)27-19(17)13(10-24)20(23)26(15)21/h4-9H,2H2,1,3H3/b6-4-. The Hall–Kier alpha value is -3.32. The van der Waals surface area contributed by atoms with Gasteiger partial charge in [0.1, 0.15) is 0 Å². The maximum absolute atomic E-state index is 9.78. The van der Waals surface area contributed by atoms with Crippen molar-refractivity contribution in [2.75, 3.05) is 0 Å². The molecule has 3 radical (unpaired) electrons. The van der Waals surface area contributed by atoms with E-state index in [1.165, 1.54) is 0 Å². The number of rotatable bonds is 2. The first-order valence-electron chi connectivity index (χ1n) is 8.46. The fourth-order valence-corrected chi connectivity index (χ4v) is 3.42. The van der Waals surface area contributed by atoms with Crippen molar-refractivity contribution < 1.29 is 4.74 Å². The van der Waals surface area contributed by atoms with Gasteiger partial charge in [-0.3, -0.25) is 0 Å². The van der Waals surface area contributed by atoms with E-state index in [1.54, 1.807) is 10.5 Å². The predicted octanol–water partition coefficient (Wildman–Crippen LogP) is 3.04. The summed E-state index contributed by atoms with van der Waals surface area (Å²) in [6.07, 6.45) is 5.40. The summed E-state index contributed by atoms with van der Waals surface area (Å²) < 4.78 is 7.81. The number of aryl methyl sites for hydroxylation is 1. The number of aromatic nitrogens is 2. The third-order valence-corrected chi connectivity index (χ3v) is 4.65. The number of nitrogens with zero attached hydrogens (tertiary/aromatic N) is 3. The molecular formula is C21H14B2N3O. The van der Waals surface area contributed by atoms with E-state index < -0.39 is 0 Å². The summed E-state index contributed by atoms with van der Waals surface area (Å²) in [4.78, 5) is 4.66. The van der Waals surface area contributed by atoms with E-state index in [0.29, 0.717) is 33.5 Å². The number of fused-ring (bicyclic) bond motifs is 4. The maximum atomic E-state index is 9.78. The van der Waals surface area contributed by atoms with Crippen LogP contribution in [0.4, 0.5) is 0 Å².